The van der Waals surface area contributed by atoms with Crippen molar-refractivity contribution in [3.8, 4) is 11.5 Å². The number of carbonyl (C=O) groups is 2. The number of methoxy groups -OCH3 is 2. The van der Waals surface area contributed by atoms with Crippen molar-refractivity contribution in [2.24, 2.45) is 11.3 Å². The second-order valence-corrected chi connectivity index (χ2v) is 5.95. The van der Waals surface area contributed by atoms with Gasteiger partial charge in [-0.3, -0.25) is 9.59 Å². The molecule has 1 aromatic rings. The summed E-state index contributed by atoms with van der Waals surface area (Å²) in [5, 5.41) is 9.28. The Morgan fingerprint density at radius 3 is 2.65 bits per heavy atom. The maximum absolute atomic E-state index is 12.4. The average molecular weight is 322 g/mol. The van der Waals surface area contributed by atoms with Crippen LogP contribution in [0.25, 0.3) is 0 Å². The molecule has 6 nitrogen and oxygen atoms in total. The Balaban J connectivity index is 2.08. The van der Waals surface area contributed by atoms with E-state index in [0.29, 0.717) is 36.3 Å². The standard InChI is InChI=1S/C17H22O6/c1-17(8-4-5-13(17)15(18)19)16(20)23-10-11-6-7-12(21-2)9-14(11)22-3/h6-7,9,13H,4-5,8,10H2,1-3H3,(H,18,19)/t13-,17-/m0/s1. The molecule has 0 spiro atoms. The van der Waals surface area contributed by atoms with Crippen molar-refractivity contribution in [2.75, 3.05) is 14.2 Å². The summed E-state index contributed by atoms with van der Waals surface area (Å²) in [6.45, 7) is 1.71. The van der Waals surface area contributed by atoms with Crippen LogP contribution in [0.3, 0.4) is 0 Å². The summed E-state index contributed by atoms with van der Waals surface area (Å²) < 4.78 is 15.8. The Labute approximate surface area is 135 Å². The Hall–Kier alpha value is -2.24. The van der Waals surface area contributed by atoms with Crippen molar-refractivity contribution in [3.05, 3.63) is 23.8 Å². The van der Waals surface area contributed by atoms with E-state index in [4.69, 9.17) is 14.2 Å². The van der Waals surface area contributed by atoms with Gasteiger partial charge in [-0.25, -0.2) is 0 Å². The van der Waals surface area contributed by atoms with E-state index in [9.17, 15) is 14.7 Å². The molecule has 1 aliphatic carbocycles. The third-order valence-electron chi connectivity index (χ3n) is 4.58. The van der Waals surface area contributed by atoms with Gasteiger partial charge in [0.05, 0.1) is 25.6 Å². The van der Waals surface area contributed by atoms with Crippen molar-refractivity contribution < 1.29 is 28.9 Å². The number of rotatable bonds is 6. The number of carbonyl (C=O) groups excluding carboxylic acids is 1. The first-order chi connectivity index (χ1) is 10.9. The highest BCUT2D eigenvalue weighted by Crippen LogP contribution is 2.44. The number of hydrogen-bond acceptors (Lipinski definition) is 5. The van der Waals surface area contributed by atoms with Crippen LogP contribution in [0.5, 0.6) is 11.5 Å². The lowest BCUT2D eigenvalue weighted by molar-refractivity contribution is -0.165. The zero-order valence-corrected chi connectivity index (χ0v) is 13.6. The van der Waals surface area contributed by atoms with Crippen molar-refractivity contribution in [1.29, 1.82) is 0 Å². The van der Waals surface area contributed by atoms with Gasteiger partial charge < -0.3 is 19.3 Å². The Morgan fingerprint density at radius 2 is 2.04 bits per heavy atom. The van der Waals surface area contributed by atoms with Crippen LogP contribution in [-0.2, 0) is 20.9 Å². The fraction of sp³-hybridized carbons (Fsp3) is 0.529. The van der Waals surface area contributed by atoms with Crippen LogP contribution in [0.15, 0.2) is 18.2 Å². The molecule has 1 N–H and O–H groups in total. The van der Waals surface area contributed by atoms with Gasteiger partial charge in [-0.1, -0.05) is 6.42 Å². The second kappa shape index (κ2) is 6.89. The predicted octanol–water partition coefficient (Wildman–Crippen LogP) is 2.64. The van der Waals surface area contributed by atoms with Crippen LogP contribution in [0.4, 0.5) is 0 Å². The van der Waals surface area contributed by atoms with Crippen LogP contribution in [0.2, 0.25) is 0 Å². The lowest BCUT2D eigenvalue weighted by Gasteiger charge is -2.26. The molecule has 1 saturated carbocycles. The van der Waals surface area contributed by atoms with E-state index < -0.39 is 23.3 Å². The summed E-state index contributed by atoms with van der Waals surface area (Å²) in [5.74, 6) is -0.897. The van der Waals surface area contributed by atoms with Gasteiger partial charge in [-0.15, -0.1) is 0 Å². The fourth-order valence-electron chi connectivity index (χ4n) is 3.09. The maximum Gasteiger partial charge on any atom is 0.313 e. The highest BCUT2D eigenvalue weighted by atomic mass is 16.5. The third-order valence-corrected chi connectivity index (χ3v) is 4.58. The van der Waals surface area contributed by atoms with E-state index in [0.717, 1.165) is 0 Å². The molecule has 0 aliphatic heterocycles. The smallest absolute Gasteiger partial charge is 0.313 e. The van der Waals surface area contributed by atoms with Gasteiger partial charge in [-0.2, -0.15) is 0 Å². The molecule has 2 rings (SSSR count). The zero-order chi connectivity index (χ0) is 17.0. The van der Waals surface area contributed by atoms with Crippen molar-refractivity contribution >= 4 is 11.9 Å². The minimum Gasteiger partial charge on any atom is -0.497 e. The van der Waals surface area contributed by atoms with E-state index >= 15 is 0 Å². The average Bonchev–Trinajstić information content (AvgIpc) is 2.95. The van der Waals surface area contributed by atoms with Gasteiger partial charge in [0.1, 0.15) is 18.1 Å². The number of carboxylic acids is 1. The number of benzene rings is 1. The summed E-state index contributed by atoms with van der Waals surface area (Å²) in [5.41, 5.74) is -0.263. The summed E-state index contributed by atoms with van der Waals surface area (Å²) in [6.07, 6.45) is 1.75. The van der Waals surface area contributed by atoms with Crippen molar-refractivity contribution in [3.63, 3.8) is 0 Å². The lowest BCUT2D eigenvalue weighted by atomic mass is 9.80. The van der Waals surface area contributed by atoms with Crippen molar-refractivity contribution in [1.82, 2.24) is 0 Å². The van der Waals surface area contributed by atoms with E-state index in [1.54, 1.807) is 32.2 Å². The summed E-state index contributed by atoms with van der Waals surface area (Å²) >= 11 is 0. The monoisotopic (exact) mass is 322 g/mol. The topological polar surface area (TPSA) is 82.1 Å². The number of ether oxygens (including phenoxy) is 3. The molecule has 23 heavy (non-hydrogen) atoms. The largest absolute Gasteiger partial charge is 0.497 e. The fourth-order valence-corrected chi connectivity index (χ4v) is 3.09. The highest BCUT2D eigenvalue weighted by molar-refractivity contribution is 5.85. The van der Waals surface area contributed by atoms with Crippen LogP contribution in [0, 0.1) is 11.3 Å². The molecule has 0 radical (unpaired) electrons. The summed E-state index contributed by atoms with van der Waals surface area (Å²) in [4.78, 5) is 23.8. The minimum atomic E-state index is -0.967. The van der Waals surface area contributed by atoms with E-state index in [-0.39, 0.29) is 6.61 Å². The number of aliphatic carboxylic acids is 1. The molecule has 0 unspecified atom stereocenters. The van der Waals surface area contributed by atoms with E-state index in [1.807, 2.05) is 0 Å². The third kappa shape index (κ3) is 3.41. The highest BCUT2D eigenvalue weighted by Gasteiger charge is 2.50. The van der Waals surface area contributed by atoms with Crippen LogP contribution < -0.4 is 9.47 Å². The van der Waals surface area contributed by atoms with Crippen LogP contribution in [0.1, 0.15) is 31.7 Å². The van der Waals surface area contributed by atoms with Gasteiger partial charge in [0.15, 0.2) is 0 Å². The molecule has 0 amide bonds. The van der Waals surface area contributed by atoms with Gasteiger partial charge in [0.25, 0.3) is 0 Å². The maximum atomic E-state index is 12.4. The Kier molecular flexibility index (Phi) is 5.13. The van der Waals surface area contributed by atoms with E-state index in [2.05, 4.69) is 0 Å². The minimum absolute atomic E-state index is 0.0356. The first-order valence-corrected chi connectivity index (χ1v) is 7.53. The van der Waals surface area contributed by atoms with Gasteiger partial charge in [0, 0.05) is 11.6 Å². The first-order valence-electron chi connectivity index (χ1n) is 7.53. The molecule has 0 heterocycles. The van der Waals surface area contributed by atoms with E-state index in [1.165, 1.54) is 7.11 Å². The normalized spacial score (nSPS) is 23.3. The van der Waals surface area contributed by atoms with Gasteiger partial charge in [-0.05, 0) is 31.9 Å². The molecule has 6 heteroatoms. The SMILES string of the molecule is COc1ccc(COC(=O)[C@@]2(C)CCC[C@H]2C(=O)O)c(OC)c1. The number of carboxylic acid groups (broad SMARTS) is 1. The Morgan fingerprint density at radius 1 is 1.30 bits per heavy atom. The predicted molar refractivity (Wildman–Crippen MR) is 82.4 cm³/mol. The van der Waals surface area contributed by atoms with Crippen LogP contribution in [-0.4, -0.2) is 31.3 Å². The van der Waals surface area contributed by atoms with Crippen molar-refractivity contribution in [2.45, 2.75) is 32.8 Å². The molecular formula is C17H22O6. The summed E-state index contributed by atoms with van der Waals surface area (Å²) in [7, 11) is 3.08. The molecule has 0 saturated heterocycles. The first kappa shape index (κ1) is 17.1. The number of esters is 1. The molecule has 1 fully saturated rings. The molecular weight excluding hydrogens is 300 g/mol. The van der Waals surface area contributed by atoms with Gasteiger partial charge >= 0.3 is 11.9 Å². The number of hydrogen-bond donors (Lipinski definition) is 1. The zero-order valence-electron chi connectivity index (χ0n) is 13.6. The summed E-state index contributed by atoms with van der Waals surface area (Å²) in [6, 6.07) is 5.22. The Bertz CT molecular complexity index is 597. The quantitative estimate of drug-likeness (QED) is 0.811. The van der Waals surface area contributed by atoms with Gasteiger partial charge in [0.2, 0.25) is 0 Å². The molecule has 0 bridgehead atoms. The molecule has 0 aromatic heterocycles. The van der Waals surface area contributed by atoms with Crippen LogP contribution >= 0.6 is 0 Å². The lowest BCUT2D eigenvalue weighted by Crippen LogP contribution is -2.37. The molecule has 126 valence electrons. The molecule has 1 aliphatic rings. The molecule has 2 atom stereocenters. The second-order valence-electron chi connectivity index (χ2n) is 5.95. The molecule has 1 aromatic carbocycles.